The zero-order valence-corrected chi connectivity index (χ0v) is 11.0. The zero-order chi connectivity index (χ0) is 13.8. The Morgan fingerprint density at radius 3 is 2.56 bits per heavy atom. The third-order valence-corrected chi connectivity index (χ3v) is 2.38. The molecule has 0 aliphatic rings. The minimum Gasteiger partial charge on any atom is -0.478 e. The molecule has 0 radical (unpaired) electrons. The van der Waals surface area contributed by atoms with Gasteiger partial charge in [-0.15, -0.1) is 0 Å². The zero-order valence-electron chi connectivity index (χ0n) is 11.0. The Bertz CT molecular complexity index is 396. The first-order valence-corrected chi connectivity index (χ1v) is 5.89. The highest BCUT2D eigenvalue weighted by molar-refractivity contribution is 5.87. The van der Waals surface area contributed by atoms with Crippen LogP contribution in [0.2, 0.25) is 0 Å². The van der Waals surface area contributed by atoms with E-state index in [4.69, 9.17) is 5.11 Å². The SMILES string of the molecule is CC(C)(C)CC(O)CNc1ccc(C(=O)O)cn1. The van der Waals surface area contributed by atoms with Crippen molar-refractivity contribution in [3.05, 3.63) is 23.9 Å². The number of hydrogen-bond donors (Lipinski definition) is 3. The number of rotatable bonds is 5. The van der Waals surface area contributed by atoms with Crippen LogP contribution in [0.3, 0.4) is 0 Å². The fourth-order valence-electron chi connectivity index (χ4n) is 1.63. The van der Waals surface area contributed by atoms with Crippen molar-refractivity contribution in [1.29, 1.82) is 0 Å². The van der Waals surface area contributed by atoms with Gasteiger partial charge in [-0.2, -0.15) is 0 Å². The molecular formula is C13H20N2O3. The van der Waals surface area contributed by atoms with Gasteiger partial charge in [-0.1, -0.05) is 20.8 Å². The summed E-state index contributed by atoms with van der Waals surface area (Å²) in [7, 11) is 0. The van der Waals surface area contributed by atoms with E-state index in [-0.39, 0.29) is 11.0 Å². The molecule has 0 fully saturated rings. The van der Waals surface area contributed by atoms with E-state index in [1.165, 1.54) is 12.3 Å². The molecule has 18 heavy (non-hydrogen) atoms. The maximum absolute atomic E-state index is 10.6. The molecule has 1 rings (SSSR count). The minimum absolute atomic E-state index is 0.0711. The lowest BCUT2D eigenvalue weighted by Gasteiger charge is -2.22. The van der Waals surface area contributed by atoms with Gasteiger partial charge in [-0.05, 0) is 24.0 Å². The normalized spacial score (nSPS) is 13.1. The summed E-state index contributed by atoms with van der Waals surface area (Å²) in [5, 5.41) is 21.5. The van der Waals surface area contributed by atoms with Gasteiger partial charge in [-0.3, -0.25) is 0 Å². The number of aromatic carboxylic acids is 1. The van der Waals surface area contributed by atoms with Crippen LogP contribution < -0.4 is 5.32 Å². The highest BCUT2D eigenvalue weighted by atomic mass is 16.4. The maximum Gasteiger partial charge on any atom is 0.337 e. The summed E-state index contributed by atoms with van der Waals surface area (Å²) in [6.45, 7) is 6.60. The molecule has 1 aromatic rings. The fraction of sp³-hybridized carbons (Fsp3) is 0.538. The first kappa shape index (κ1) is 14.4. The fourth-order valence-corrected chi connectivity index (χ4v) is 1.63. The average Bonchev–Trinajstić information content (AvgIpc) is 2.24. The van der Waals surface area contributed by atoms with Crippen LogP contribution in [0.4, 0.5) is 5.82 Å². The molecule has 0 bridgehead atoms. The predicted octanol–water partition coefficient (Wildman–Crippen LogP) is 1.99. The van der Waals surface area contributed by atoms with E-state index >= 15 is 0 Å². The van der Waals surface area contributed by atoms with Crippen molar-refractivity contribution >= 4 is 11.8 Å². The Balaban J connectivity index is 2.46. The standard InChI is InChI=1S/C13H20N2O3/c1-13(2,3)6-10(16)8-15-11-5-4-9(7-14-11)12(17)18/h4-5,7,10,16H,6,8H2,1-3H3,(H,14,15)(H,17,18). The van der Waals surface area contributed by atoms with Crippen LogP contribution >= 0.6 is 0 Å². The van der Waals surface area contributed by atoms with E-state index in [1.807, 2.05) is 0 Å². The molecule has 0 aliphatic heterocycles. The van der Waals surface area contributed by atoms with Crippen molar-refractivity contribution in [2.75, 3.05) is 11.9 Å². The molecule has 0 spiro atoms. The second kappa shape index (κ2) is 5.82. The van der Waals surface area contributed by atoms with Crippen molar-refractivity contribution in [2.45, 2.75) is 33.3 Å². The third kappa shape index (κ3) is 5.14. The summed E-state index contributed by atoms with van der Waals surface area (Å²) >= 11 is 0. The summed E-state index contributed by atoms with van der Waals surface area (Å²) in [5.41, 5.74) is 0.220. The molecule has 1 heterocycles. The molecule has 1 unspecified atom stereocenters. The van der Waals surface area contributed by atoms with Crippen LogP contribution in [0, 0.1) is 5.41 Å². The average molecular weight is 252 g/mol. The van der Waals surface area contributed by atoms with Gasteiger partial charge in [0.1, 0.15) is 5.82 Å². The second-order valence-electron chi connectivity index (χ2n) is 5.54. The van der Waals surface area contributed by atoms with Gasteiger partial charge in [-0.25, -0.2) is 9.78 Å². The lowest BCUT2D eigenvalue weighted by atomic mass is 9.89. The molecule has 0 aliphatic carbocycles. The van der Waals surface area contributed by atoms with Gasteiger partial charge in [0.2, 0.25) is 0 Å². The Hall–Kier alpha value is -1.62. The molecule has 5 heteroatoms. The first-order valence-electron chi connectivity index (χ1n) is 5.89. The largest absolute Gasteiger partial charge is 0.478 e. The van der Waals surface area contributed by atoms with Crippen LogP contribution in [0.15, 0.2) is 18.3 Å². The van der Waals surface area contributed by atoms with E-state index in [1.54, 1.807) is 6.07 Å². The number of pyridine rings is 1. The highest BCUT2D eigenvalue weighted by Crippen LogP contribution is 2.20. The van der Waals surface area contributed by atoms with Gasteiger partial charge in [0.25, 0.3) is 0 Å². The Morgan fingerprint density at radius 1 is 1.44 bits per heavy atom. The van der Waals surface area contributed by atoms with E-state index < -0.39 is 12.1 Å². The van der Waals surface area contributed by atoms with Crippen molar-refractivity contribution in [2.24, 2.45) is 5.41 Å². The topological polar surface area (TPSA) is 82.5 Å². The Kier molecular flexibility index (Phi) is 4.67. The number of aliphatic hydroxyl groups excluding tert-OH is 1. The van der Waals surface area contributed by atoms with Crippen molar-refractivity contribution in [3.8, 4) is 0 Å². The van der Waals surface area contributed by atoms with Crippen LogP contribution in [-0.4, -0.2) is 33.8 Å². The molecule has 0 amide bonds. The predicted molar refractivity (Wildman–Crippen MR) is 69.8 cm³/mol. The number of nitrogens with one attached hydrogen (secondary N) is 1. The van der Waals surface area contributed by atoms with E-state index in [0.717, 1.165) is 0 Å². The number of carboxylic acids is 1. The number of carbonyl (C=O) groups is 1. The molecule has 1 atom stereocenters. The van der Waals surface area contributed by atoms with Crippen LogP contribution in [0.25, 0.3) is 0 Å². The van der Waals surface area contributed by atoms with Gasteiger partial charge < -0.3 is 15.5 Å². The summed E-state index contributed by atoms with van der Waals surface area (Å²) in [5.74, 6) is -0.435. The number of carboxylic acid groups (broad SMARTS) is 1. The minimum atomic E-state index is -0.998. The van der Waals surface area contributed by atoms with Gasteiger partial charge in [0, 0.05) is 12.7 Å². The molecule has 3 N–H and O–H groups in total. The van der Waals surface area contributed by atoms with Gasteiger partial charge in [0.15, 0.2) is 0 Å². The van der Waals surface area contributed by atoms with E-state index in [0.29, 0.717) is 18.8 Å². The monoisotopic (exact) mass is 252 g/mol. The molecular weight excluding hydrogens is 232 g/mol. The van der Waals surface area contributed by atoms with Gasteiger partial charge >= 0.3 is 5.97 Å². The van der Waals surface area contributed by atoms with Gasteiger partial charge in [0.05, 0.1) is 11.7 Å². The molecule has 100 valence electrons. The number of aliphatic hydroxyl groups is 1. The molecule has 0 aromatic carbocycles. The van der Waals surface area contributed by atoms with Crippen LogP contribution in [0.1, 0.15) is 37.6 Å². The smallest absolute Gasteiger partial charge is 0.337 e. The first-order chi connectivity index (χ1) is 8.28. The summed E-state index contributed by atoms with van der Waals surface area (Å²) in [6, 6.07) is 3.07. The Morgan fingerprint density at radius 2 is 2.11 bits per heavy atom. The third-order valence-electron chi connectivity index (χ3n) is 2.38. The lowest BCUT2D eigenvalue weighted by Crippen LogP contribution is -2.25. The van der Waals surface area contributed by atoms with E-state index in [9.17, 15) is 9.90 Å². The summed E-state index contributed by atoms with van der Waals surface area (Å²) in [6.07, 6.45) is 1.53. The molecule has 0 saturated carbocycles. The van der Waals surface area contributed by atoms with Crippen LogP contribution in [0.5, 0.6) is 0 Å². The lowest BCUT2D eigenvalue weighted by molar-refractivity contribution is 0.0696. The summed E-state index contributed by atoms with van der Waals surface area (Å²) < 4.78 is 0. The number of aromatic nitrogens is 1. The van der Waals surface area contributed by atoms with Crippen LogP contribution in [-0.2, 0) is 0 Å². The molecule has 0 saturated heterocycles. The number of nitrogens with zero attached hydrogens (tertiary/aromatic N) is 1. The van der Waals surface area contributed by atoms with Crippen molar-refractivity contribution < 1.29 is 15.0 Å². The number of hydrogen-bond acceptors (Lipinski definition) is 4. The Labute approximate surface area is 107 Å². The van der Waals surface area contributed by atoms with E-state index in [2.05, 4.69) is 31.1 Å². The van der Waals surface area contributed by atoms with Crippen molar-refractivity contribution in [1.82, 2.24) is 4.98 Å². The quantitative estimate of drug-likeness (QED) is 0.746. The number of anilines is 1. The maximum atomic E-state index is 10.6. The summed E-state index contributed by atoms with van der Waals surface area (Å²) in [4.78, 5) is 14.6. The molecule has 1 aromatic heterocycles. The van der Waals surface area contributed by atoms with Crippen molar-refractivity contribution in [3.63, 3.8) is 0 Å². The highest BCUT2D eigenvalue weighted by Gasteiger charge is 2.16. The molecule has 5 nitrogen and oxygen atoms in total. The second-order valence-corrected chi connectivity index (χ2v) is 5.54.